The summed E-state index contributed by atoms with van der Waals surface area (Å²) in [6, 6.07) is 3.01. The molecule has 13 nitrogen and oxygen atoms in total. The maximum atomic E-state index is 13.5. The number of nitrogens with one attached hydrogen (secondary N) is 4. The Kier molecular flexibility index (Phi) is 5.61. The third-order valence-electron chi connectivity index (χ3n) is 8.68. The minimum absolute atomic E-state index is 0.0284. The van der Waals surface area contributed by atoms with E-state index < -0.39 is 35.5 Å². The van der Waals surface area contributed by atoms with Crippen LogP contribution in [0.4, 0.5) is 0 Å². The van der Waals surface area contributed by atoms with Crippen LogP contribution in [0.25, 0.3) is 0 Å². The highest BCUT2D eigenvalue weighted by Gasteiger charge is 2.78. The average molecular weight is 527 g/mol. The number of carbonyl (C=O) groups is 3. The van der Waals surface area contributed by atoms with Gasteiger partial charge in [-0.3, -0.25) is 41.1 Å². The molecule has 1 spiro atoms. The van der Waals surface area contributed by atoms with E-state index >= 15 is 0 Å². The summed E-state index contributed by atoms with van der Waals surface area (Å²) in [6.07, 6.45) is 5.14. The molecule has 3 amide bonds. The summed E-state index contributed by atoms with van der Waals surface area (Å²) in [5, 5.41) is 32.3. The SMILES string of the molecule is NC1=[NH+][C@H]2[C@H](CN3C(=O)CCC3=O)NC(N)=[N+]3CC(NC(=O)c4cccc5c4CCCCC5)C(O)(O)[C@]23N1. The van der Waals surface area contributed by atoms with Gasteiger partial charge in [0.1, 0.15) is 12.1 Å². The number of nitrogens with zero attached hydrogens (tertiary/aromatic N) is 2. The van der Waals surface area contributed by atoms with Gasteiger partial charge in [0.05, 0.1) is 13.1 Å². The number of aryl methyl sites for hydroxylation is 1. The molecule has 5 aliphatic rings. The van der Waals surface area contributed by atoms with Crippen molar-refractivity contribution in [1.82, 2.24) is 20.9 Å². The van der Waals surface area contributed by atoms with Gasteiger partial charge in [-0.25, -0.2) is 9.89 Å². The first-order valence-electron chi connectivity index (χ1n) is 13.2. The van der Waals surface area contributed by atoms with E-state index in [4.69, 9.17) is 11.5 Å². The number of guanidine groups is 2. The van der Waals surface area contributed by atoms with Gasteiger partial charge in [0.2, 0.25) is 11.8 Å². The first-order chi connectivity index (χ1) is 18.1. The summed E-state index contributed by atoms with van der Waals surface area (Å²) in [5.74, 6) is -3.36. The van der Waals surface area contributed by atoms with Gasteiger partial charge in [-0.1, -0.05) is 18.6 Å². The van der Waals surface area contributed by atoms with Crippen molar-refractivity contribution in [3.63, 3.8) is 0 Å². The lowest BCUT2D eigenvalue weighted by Gasteiger charge is -2.41. The molecule has 2 saturated heterocycles. The van der Waals surface area contributed by atoms with Crippen molar-refractivity contribution in [2.24, 2.45) is 11.5 Å². The van der Waals surface area contributed by atoms with Crippen LogP contribution in [0.2, 0.25) is 0 Å². The fraction of sp³-hybridized carbons (Fsp3) is 0.560. The first kappa shape index (κ1) is 24.6. The van der Waals surface area contributed by atoms with Crippen molar-refractivity contribution < 1.29 is 34.2 Å². The van der Waals surface area contributed by atoms with Gasteiger partial charge in [0.25, 0.3) is 17.4 Å². The molecule has 6 rings (SSSR count). The minimum atomic E-state index is -2.54. The highest BCUT2D eigenvalue weighted by molar-refractivity contribution is 6.02. The molecule has 2 fully saturated rings. The number of likely N-dealkylation sites (tertiary alicyclic amines) is 1. The van der Waals surface area contributed by atoms with Gasteiger partial charge >= 0.3 is 11.9 Å². The van der Waals surface area contributed by atoms with Crippen LogP contribution in [-0.4, -0.2) is 92.0 Å². The molecule has 0 saturated carbocycles. The highest BCUT2D eigenvalue weighted by Crippen LogP contribution is 2.38. The molecule has 38 heavy (non-hydrogen) atoms. The lowest BCUT2D eigenvalue weighted by Crippen LogP contribution is -2.92. The van der Waals surface area contributed by atoms with Crippen LogP contribution in [-0.2, 0) is 22.4 Å². The predicted molar refractivity (Wildman–Crippen MR) is 133 cm³/mol. The fourth-order valence-corrected chi connectivity index (χ4v) is 6.82. The predicted octanol–water partition coefficient (Wildman–Crippen LogP) is -4.74. The Morgan fingerprint density at radius 2 is 1.87 bits per heavy atom. The number of fused-ring (bicyclic) bond motifs is 1. The largest absolute Gasteiger partial charge is 0.358 e. The number of amides is 3. The topological polar surface area (TPSA) is 200 Å². The smallest absolute Gasteiger partial charge is 0.347 e. The molecule has 1 unspecified atom stereocenters. The molecule has 0 aromatic heterocycles. The molecule has 4 heterocycles. The molecule has 202 valence electrons. The molecule has 0 radical (unpaired) electrons. The van der Waals surface area contributed by atoms with Gasteiger partial charge in [-0.2, -0.15) is 0 Å². The van der Waals surface area contributed by atoms with Crippen LogP contribution in [0.3, 0.4) is 0 Å². The van der Waals surface area contributed by atoms with Gasteiger partial charge < -0.3 is 15.5 Å². The van der Waals surface area contributed by atoms with Crippen molar-refractivity contribution in [3.8, 4) is 0 Å². The molecule has 4 atom stereocenters. The van der Waals surface area contributed by atoms with Crippen molar-refractivity contribution in [2.45, 2.75) is 74.5 Å². The van der Waals surface area contributed by atoms with Crippen molar-refractivity contribution >= 4 is 29.6 Å². The van der Waals surface area contributed by atoms with E-state index in [2.05, 4.69) is 20.9 Å². The van der Waals surface area contributed by atoms with E-state index in [-0.39, 0.29) is 49.7 Å². The number of aliphatic hydroxyl groups is 2. The number of carbonyl (C=O) groups excluding carboxylic acids is 3. The Bertz CT molecular complexity index is 1280. The van der Waals surface area contributed by atoms with Gasteiger partial charge in [-0.15, -0.1) is 0 Å². The number of hydrogen-bond donors (Lipinski definition) is 8. The molecule has 1 aliphatic carbocycles. The zero-order valence-corrected chi connectivity index (χ0v) is 21.0. The average Bonchev–Trinajstić information content (AvgIpc) is 3.37. The molecular weight excluding hydrogens is 492 g/mol. The van der Waals surface area contributed by atoms with Crippen LogP contribution in [0.1, 0.15) is 53.6 Å². The Morgan fingerprint density at radius 3 is 2.63 bits per heavy atom. The number of imide groups is 1. The zero-order valence-electron chi connectivity index (χ0n) is 21.0. The minimum Gasteiger partial charge on any atom is -0.358 e. The number of nitrogens with two attached hydrogens (primary N) is 2. The van der Waals surface area contributed by atoms with E-state index in [1.54, 1.807) is 6.07 Å². The Hall–Kier alpha value is -3.71. The monoisotopic (exact) mass is 526 g/mol. The fourth-order valence-electron chi connectivity index (χ4n) is 6.82. The molecule has 13 heteroatoms. The molecule has 10 N–H and O–H groups in total. The van der Waals surface area contributed by atoms with Crippen molar-refractivity contribution in [3.05, 3.63) is 34.9 Å². The van der Waals surface area contributed by atoms with Gasteiger partial charge in [-0.05, 0) is 42.9 Å². The van der Waals surface area contributed by atoms with E-state index in [1.807, 2.05) is 12.1 Å². The Labute approximate surface area is 218 Å². The van der Waals surface area contributed by atoms with Crippen LogP contribution >= 0.6 is 0 Å². The first-order valence-corrected chi connectivity index (χ1v) is 13.2. The second-order valence-corrected chi connectivity index (χ2v) is 10.8. The third-order valence-corrected chi connectivity index (χ3v) is 8.68. The molecular formula is C25H34N8O5+2. The summed E-state index contributed by atoms with van der Waals surface area (Å²) < 4.78 is 1.53. The van der Waals surface area contributed by atoms with Gasteiger partial charge in [0.15, 0.2) is 6.04 Å². The molecule has 4 aliphatic heterocycles. The van der Waals surface area contributed by atoms with E-state index in [0.717, 1.165) is 48.1 Å². The maximum absolute atomic E-state index is 13.5. The lowest BCUT2D eigenvalue weighted by atomic mass is 9.85. The van der Waals surface area contributed by atoms with E-state index in [9.17, 15) is 24.6 Å². The summed E-state index contributed by atoms with van der Waals surface area (Å²) >= 11 is 0. The van der Waals surface area contributed by atoms with Crippen LogP contribution in [0, 0.1) is 0 Å². The van der Waals surface area contributed by atoms with E-state index in [0.29, 0.717) is 5.56 Å². The van der Waals surface area contributed by atoms with Crippen molar-refractivity contribution in [2.75, 3.05) is 13.1 Å². The van der Waals surface area contributed by atoms with Crippen LogP contribution in [0.15, 0.2) is 18.2 Å². The van der Waals surface area contributed by atoms with Crippen LogP contribution < -0.4 is 32.4 Å². The molecule has 0 bridgehead atoms. The Balaban J connectivity index is 1.31. The second kappa shape index (κ2) is 8.67. The number of rotatable bonds is 4. The normalized spacial score (nSPS) is 31.6. The molecule has 1 aromatic carbocycles. The standard InChI is InChI=1S/C25H32N8O5/c26-22-30-20-16(11-32-18(34)9-10-19(32)35)28-23(27)33-12-17(25(37,38)24(20,33)31-22)29-21(36)15-8-4-6-13-5-2-1-3-7-14(13)15/h4,6,8,16-17,20,37-38H,1-3,5,7,9-12H2,(H6,26,27,28,29,30,31,36)/p+2/t16-,17?,20-,24-/m0/s1. The lowest BCUT2D eigenvalue weighted by molar-refractivity contribution is -0.674. The number of hydrogen-bond acceptors (Lipinski definition) is 9. The summed E-state index contributed by atoms with van der Waals surface area (Å²) in [7, 11) is 0. The van der Waals surface area contributed by atoms with Crippen molar-refractivity contribution in [1.29, 1.82) is 0 Å². The Morgan fingerprint density at radius 1 is 1.13 bits per heavy atom. The summed E-state index contributed by atoms with van der Waals surface area (Å²) in [4.78, 5) is 42.3. The van der Waals surface area contributed by atoms with Gasteiger partial charge in [0, 0.05) is 18.4 Å². The summed E-state index contributed by atoms with van der Waals surface area (Å²) in [5.41, 5.74) is 13.5. The summed E-state index contributed by atoms with van der Waals surface area (Å²) in [6.45, 7) is -0.0663. The third kappa shape index (κ3) is 3.48. The molecule has 1 aromatic rings. The zero-order chi connectivity index (χ0) is 26.8. The number of benzene rings is 1. The second-order valence-electron chi connectivity index (χ2n) is 10.8. The highest BCUT2D eigenvalue weighted by atomic mass is 16.5. The van der Waals surface area contributed by atoms with Crippen LogP contribution in [0.5, 0.6) is 0 Å². The van der Waals surface area contributed by atoms with E-state index in [1.165, 1.54) is 4.58 Å². The quantitative estimate of drug-likeness (QED) is 0.0821. The maximum Gasteiger partial charge on any atom is 0.347 e.